The zero-order valence-corrected chi connectivity index (χ0v) is 25.9. The Morgan fingerprint density at radius 1 is 0.976 bits per heavy atom. The number of hydrogen-bond acceptors (Lipinski definition) is 5. The van der Waals surface area contributed by atoms with Crippen LogP contribution in [0.25, 0.3) is 0 Å². The molecule has 0 spiro atoms. The summed E-state index contributed by atoms with van der Waals surface area (Å²) in [5.74, 6) is -1.09. The fourth-order valence-corrected chi connectivity index (χ4v) is 5.67. The topological polar surface area (TPSA) is 96.0 Å². The third kappa shape index (κ3) is 8.29. The lowest BCUT2D eigenvalue weighted by Gasteiger charge is -2.32. The lowest BCUT2D eigenvalue weighted by atomic mass is 10.1. The van der Waals surface area contributed by atoms with Crippen LogP contribution in [0.15, 0.2) is 82.2 Å². The molecule has 0 aromatic heterocycles. The van der Waals surface area contributed by atoms with E-state index in [1.165, 1.54) is 35.2 Å². The quantitative estimate of drug-likeness (QED) is 0.264. The highest BCUT2D eigenvalue weighted by Gasteiger charge is 2.33. The molecule has 11 heteroatoms. The molecule has 0 fully saturated rings. The summed E-state index contributed by atoms with van der Waals surface area (Å²) in [5.41, 5.74) is 0.430. The van der Waals surface area contributed by atoms with Crippen molar-refractivity contribution in [3.63, 3.8) is 0 Å². The SMILES string of the molecule is CCOc1ccc(N(CC(=O)N(Cc2ccccc2F)C(C)C(=O)NC(C)CC)S(=O)(=O)c2ccc(Br)cc2)cc1. The largest absolute Gasteiger partial charge is 0.494 e. The van der Waals surface area contributed by atoms with Crippen LogP contribution in [0.1, 0.15) is 39.7 Å². The molecule has 3 aromatic carbocycles. The molecular weight excluding hydrogens is 613 g/mol. The maximum Gasteiger partial charge on any atom is 0.264 e. The molecule has 220 valence electrons. The van der Waals surface area contributed by atoms with Gasteiger partial charge in [0.2, 0.25) is 11.8 Å². The van der Waals surface area contributed by atoms with Crippen molar-refractivity contribution in [2.45, 2.75) is 57.6 Å². The number of hydrogen-bond donors (Lipinski definition) is 1. The van der Waals surface area contributed by atoms with Gasteiger partial charge in [0.05, 0.1) is 17.2 Å². The monoisotopic (exact) mass is 647 g/mol. The summed E-state index contributed by atoms with van der Waals surface area (Å²) in [4.78, 5) is 28.2. The van der Waals surface area contributed by atoms with Crippen molar-refractivity contribution in [2.24, 2.45) is 0 Å². The highest BCUT2D eigenvalue weighted by Crippen LogP contribution is 2.27. The smallest absolute Gasteiger partial charge is 0.264 e. The standard InChI is InChI=1S/C30H35BrFN3O5S/c1-5-21(3)33-30(37)22(4)34(19-23-9-7-8-10-28(23)32)29(36)20-35(25-13-15-26(16-14-25)40-6-2)41(38,39)27-17-11-24(31)12-18-27/h7-18,21-22H,5-6,19-20H2,1-4H3,(H,33,37). The van der Waals surface area contributed by atoms with Crippen LogP contribution in [0.4, 0.5) is 10.1 Å². The van der Waals surface area contributed by atoms with Gasteiger partial charge in [-0.3, -0.25) is 13.9 Å². The van der Waals surface area contributed by atoms with Crippen LogP contribution >= 0.6 is 15.9 Å². The molecule has 3 aromatic rings. The normalized spacial score (nSPS) is 12.7. The summed E-state index contributed by atoms with van der Waals surface area (Å²) in [7, 11) is -4.22. The number of ether oxygens (including phenoxy) is 1. The molecule has 0 radical (unpaired) electrons. The van der Waals surface area contributed by atoms with E-state index < -0.39 is 40.2 Å². The summed E-state index contributed by atoms with van der Waals surface area (Å²) in [6.07, 6.45) is 0.677. The van der Waals surface area contributed by atoms with Crippen molar-refractivity contribution < 1.29 is 27.1 Å². The molecule has 2 amide bonds. The number of amides is 2. The van der Waals surface area contributed by atoms with Crippen molar-refractivity contribution in [3.8, 4) is 5.75 Å². The second kappa shape index (κ2) is 14.5. The second-order valence-electron chi connectivity index (χ2n) is 9.50. The minimum Gasteiger partial charge on any atom is -0.494 e. The number of rotatable bonds is 13. The van der Waals surface area contributed by atoms with E-state index in [1.807, 2.05) is 20.8 Å². The molecule has 0 aliphatic rings. The lowest BCUT2D eigenvalue weighted by Crippen LogP contribution is -2.52. The number of sulfonamides is 1. The van der Waals surface area contributed by atoms with Crippen molar-refractivity contribution in [1.29, 1.82) is 0 Å². The Morgan fingerprint density at radius 2 is 1.61 bits per heavy atom. The Morgan fingerprint density at radius 3 is 2.20 bits per heavy atom. The Balaban J connectivity index is 2.04. The summed E-state index contributed by atoms with van der Waals surface area (Å²) < 4.78 is 49.6. The molecule has 41 heavy (non-hydrogen) atoms. The Kier molecular flexibility index (Phi) is 11.3. The minimum atomic E-state index is -4.22. The third-order valence-corrected chi connectivity index (χ3v) is 8.90. The van der Waals surface area contributed by atoms with Crippen molar-refractivity contribution in [1.82, 2.24) is 10.2 Å². The van der Waals surface area contributed by atoms with Crippen LogP contribution in [0.3, 0.4) is 0 Å². The number of carbonyl (C=O) groups excluding carboxylic acids is 2. The van der Waals surface area contributed by atoms with Gasteiger partial charge in [0.15, 0.2) is 0 Å². The second-order valence-corrected chi connectivity index (χ2v) is 12.3. The van der Waals surface area contributed by atoms with Gasteiger partial charge in [-0.05, 0) is 81.8 Å². The van der Waals surface area contributed by atoms with Gasteiger partial charge < -0.3 is 15.0 Å². The molecule has 3 rings (SSSR count). The lowest BCUT2D eigenvalue weighted by molar-refractivity contribution is -0.139. The van der Waals surface area contributed by atoms with Gasteiger partial charge in [0, 0.05) is 22.6 Å². The molecule has 0 aliphatic carbocycles. The summed E-state index contributed by atoms with van der Waals surface area (Å²) in [5, 5.41) is 2.85. The van der Waals surface area contributed by atoms with Crippen molar-refractivity contribution in [2.75, 3.05) is 17.5 Å². The van der Waals surface area contributed by atoms with Gasteiger partial charge in [0.1, 0.15) is 24.2 Å². The Bertz CT molecular complexity index is 1440. The number of nitrogens with one attached hydrogen (secondary N) is 1. The molecule has 0 saturated carbocycles. The predicted octanol–water partition coefficient (Wildman–Crippen LogP) is 5.51. The van der Waals surface area contributed by atoms with E-state index in [4.69, 9.17) is 4.74 Å². The Labute approximate surface area is 249 Å². The average molecular weight is 649 g/mol. The van der Waals surface area contributed by atoms with E-state index in [1.54, 1.807) is 49.4 Å². The van der Waals surface area contributed by atoms with Gasteiger partial charge in [-0.1, -0.05) is 41.1 Å². The molecule has 8 nitrogen and oxygen atoms in total. The number of nitrogens with zero attached hydrogens (tertiary/aromatic N) is 2. The van der Waals surface area contributed by atoms with E-state index in [-0.39, 0.29) is 28.7 Å². The number of carbonyl (C=O) groups is 2. The number of halogens is 2. The van der Waals surface area contributed by atoms with Crippen LogP contribution in [0.2, 0.25) is 0 Å². The molecule has 0 saturated heterocycles. The van der Waals surface area contributed by atoms with E-state index in [2.05, 4.69) is 21.2 Å². The van der Waals surface area contributed by atoms with Gasteiger partial charge in [-0.2, -0.15) is 0 Å². The first-order valence-corrected chi connectivity index (χ1v) is 15.6. The van der Waals surface area contributed by atoms with E-state index in [9.17, 15) is 22.4 Å². The number of benzene rings is 3. The maximum atomic E-state index is 14.7. The van der Waals surface area contributed by atoms with E-state index in [0.29, 0.717) is 23.2 Å². The van der Waals surface area contributed by atoms with Crippen LogP contribution < -0.4 is 14.4 Å². The fraction of sp³-hybridized carbons (Fsp3) is 0.333. The zero-order valence-electron chi connectivity index (χ0n) is 23.5. The van der Waals surface area contributed by atoms with E-state index in [0.717, 1.165) is 4.31 Å². The van der Waals surface area contributed by atoms with Crippen molar-refractivity contribution in [3.05, 3.63) is 88.6 Å². The van der Waals surface area contributed by atoms with Crippen LogP contribution in [0.5, 0.6) is 5.75 Å². The average Bonchev–Trinajstić information content (AvgIpc) is 2.95. The van der Waals surface area contributed by atoms with Crippen LogP contribution in [0, 0.1) is 5.82 Å². The minimum absolute atomic E-state index is 0.0226. The van der Waals surface area contributed by atoms with Crippen LogP contribution in [-0.4, -0.2) is 50.4 Å². The summed E-state index contributed by atoms with van der Waals surface area (Å²) in [6.45, 7) is 6.71. The molecule has 0 aliphatic heterocycles. The first kappa shape index (κ1) is 32.1. The maximum absolute atomic E-state index is 14.7. The number of anilines is 1. The third-order valence-electron chi connectivity index (χ3n) is 6.58. The summed E-state index contributed by atoms with van der Waals surface area (Å²) in [6, 6.07) is 17.2. The van der Waals surface area contributed by atoms with Gasteiger partial charge in [-0.15, -0.1) is 0 Å². The van der Waals surface area contributed by atoms with Gasteiger partial charge in [-0.25, -0.2) is 12.8 Å². The van der Waals surface area contributed by atoms with E-state index >= 15 is 0 Å². The fourth-order valence-electron chi connectivity index (χ4n) is 4.00. The van der Waals surface area contributed by atoms with Crippen molar-refractivity contribution >= 4 is 43.5 Å². The highest BCUT2D eigenvalue weighted by atomic mass is 79.9. The molecule has 2 unspecified atom stereocenters. The van der Waals surface area contributed by atoms with Gasteiger partial charge in [0.25, 0.3) is 10.0 Å². The summed E-state index contributed by atoms with van der Waals surface area (Å²) >= 11 is 3.31. The first-order chi connectivity index (χ1) is 19.5. The van der Waals surface area contributed by atoms with Crippen LogP contribution in [-0.2, 0) is 26.2 Å². The highest BCUT2D eigenvalue weighted by molar-refractivity contribution is 9.10. The molecule has 0 heterocycles. The predicted molar refractivity (Wildman–Crippen MR) is 161 cm³/mol. The van der Waals surface area contributed by atoms with Gasteiger partial charge >= 0.3 is 0 Å². The molecule has 1 N–H and O–H groups in total. The zero-order chi connectivity index (χ0) is 30.2. The molecule has 2 atom stereocenters. The Hall–Kier alpha value is -3.44. The molecular formula is C30H35BrFN3O5S. The first-order valence-electron chi connectivity index (χ1n) is 13.3. The molecule has 0 bridgehead atoms.